The summed E-state index contributed by atoms with van der Waals surface area (Å²) in [5.74, 6) is -0.386. The zero-order chi connectivity index (χ0) is 13.2. The van der Waals surface area contributed by atoms with Crippen molar-refractivity contribution in [1.29, 1.82) is 0 Å². The van der Waals surface area contributed by atoms with Crippen LogP contribution in [0.15, 0.2) is 18.2 Å². The number of hydrogen-bond donors (Lipinski definition) is 1. The topological polar surface area (TPSA) is 35.1 Å². The molecule has 0 fully saturated rings. The Balaban J connectivity index is 2.87. The first-order valence-electron chi connectivity index (χ1n) is 5.35. The van der Waals surface area contributed by atoms with Crippen molar-refractivity contribution in [2.75, 3.05) is 0 Å². The van der Waals surface area contributed by atoms with Crippen molar-refractivity contribution in [3.05, 3.63) is 34.6 Å². The second kappa shape index (κ2) is 5.57. The molecule has 1 aromatic carbocycles. The molecule has 0 bridgehead atoms. The van der Waals surface area contributed by atoms with E-state index in [9.17, 15) is 8.94 Å². The quantitative estimate of drug-likeness (QED) is 0.857. The molecule has 0 unspecified atom stereocenters. The van der Waals surface area contributed by atoms with Gasteiger partial charge in [0.05, 0.1) is 6.04 Å². The summed E-state index contributed by atoms with van der Waals surface area (Å²) in [5, 5.41) is 0.343. The van der Waals surface area contributed by atoms with Gasteiger partial charge in [-0.25, -0.2) is 4.39 Å². The minimum Gasteiger partial charge on any atom is -0.598 e. The molecule has 1 rings (SSSR count). The Hall–Kier alpha value is -0.290. The molecule has 0 amide bonds. The molecule has 0 spiro atoms. The van der Waals surface area contributed by atoms with Gasteiger partial charge in [-0.15, -0.1) is 4.72 Å². The van der Waals surface area contributed by atoms with Gasteiger partial charge in [0.2, 0.25) is 0 Å². The summed E-state index contributed by atoms with van der Waals surface area (Å²) in [4.78, 5) is 0. The first-order chi connectivity index (χ1) is 7.73. The van der Waals surface area contributed by atoms with E-state index in [2.05, 4.69) is 4.72 Å². The highest BCUT2D eigenvalue weighted by Gasteiger charge is 2.29. The van der Waals surface area contributed by atoms with E-state index >= 15 is 0 Å². The van der Waals surface area contributed by atoms with E-state index in [0.29, 0.717) is 10.6 Å². The van der Waals surface area contributed by atoms with Crippen LogP contribution < -0.4 is 4.72 Å². The molecule has 17 heavy (non-hydrogen) atoms. The van der Waals surface area contributed by atoms with Gasteiger partial charge in [-0.3, -0.25) is 0 Å². The Kier molecular flexibility index (Phi) is 4.84. The zero-order valence-corrected chi connectivity index (χ0v) is 12.0. The van der Waals surface area contributed by atoms with E-state index in [1.54, 1.807) is 19.1 Å². The highest BCUT2D eigenvalue weighted by Crippen LogP contribution is 2.27. The van der Waals surface area contributed by atoms with Gasteiger partial charge >= 0.3 is 0 Å². The number of nitrogens with one attached hydrogen (secondary N) is 1. The minimum absolute atomic E-state index is 0.343. The standard InChI is InChI=1S/C12H17ClFNOS/c1-8(15-17(16)12(2,3)4)11-9(13)6-5-7-10(11)14/h5-8,15H,1-4H3/t8-,17+/m0/s1. The lowest BCUT2D eigenvalue weighted by Gasteiger charge is -2.27. The summed E-state index contributed by atoms with van der Waals surface area (Å²) < 4.78 is 28.0. The van der Waals surface area contributed by atoms with Gasteiger partial charge in [0.1, 0.15) is 10.6 Å². The van der Waals surface area contributed by atoms with Crippen molar-refractivity contribution in [3.63, 3.8) is 0 Å². The molecule has 1 aromatic rings. The molecule has 0 heterocycles. The van der Waals surface area contributed by atoms with Gasteiger partial charge in [0, 0.05) is 21.9 Å². The number of benzene rings is 1. The fraction of sp³-hybridized carbons (Fsp3) is 0.500. The van der Waals surface area contributed by atoms with Crippen LogP contribution in [0.4, 0.5) is 4.39 Å². The SMILES string of the molecule is C[C@H](N[S@+]([O-])C(C)(C)C)c1c(F)cccc1Cl. The average Bonchev–Trinajstić information content (AvgIpc) is 2.15. The predicted molar refractivity (Wildman–Crippen MR) is 70.9 cm³/mol. The maximum atomic E-state index is 13.6. The first kappa shape index (κ1) is 14.8. The van der Waals surface area contributed by atoms with Crippen LogP contribution in [0.25, 0.3) is 0 Å². The Bertz CT molecular complexity index is 374. The molecular formula is C12H17ClFNOS. The Morgan fingerprint density at radius 2 is 2.00 bits per heavy atom. The lowest BCUT2D eigenvalue weighted by atomic mass is 10.1. The fourth-order valence-electron chi connectivity index (χ4n) is 1.32. The van der Waals surface area contributed by atoms with Gasteiger partial charge in [-0.2, -0.15) is 0 Å². The van der Waals surface area contributed by atoms with Crippen molar-refractivity contribution >= 4 is 23.0 Å². The van der Waals surface area contributed by atoms with Crippen molar-refractivity contribution in [3.8, 4) is 0 Å². The molecular weight excluding hydrogens is 261 g/mol. The van der Waals surface area contributed by atoms with E-state index in [1.807, 2.05) is 20.8 Å². The van der Waals surface area contributed by atoms with E-state index in [-0.39, 0.29) is 5.82 Å². The third kappa shape index (κ3) is 3.85. The molecule has 5 heteroatoms. The molecule has 2 nitrogen and oxygen atoms in total. The van der Waals surface area contributed by atoms with Crippen LogP contribution >= 0.6 is 11.6 Å². The third-order valence-corrected chi connectivity index (χ3v) is 4.28. The van der Waals surface area contributed by atoms with Gasteiger partial charge in [-0.05, 0) is 39.8 Å². The van der Waals surface area contributed by atoms with Gasteiger partial charge in [-0.1, -0.05) is 17.7 Å². The summed E-state index contributed by atoms with van der Waals surface area (Å²) in [5.41, 5.74) is 0.353. The summed E-state index contributed by atoms with van der Waals surface area (Å²) in [7, 11) is 0. The zero-order valence-electron chi connectivity index (χ0n) is 10.4. The largest absolute Gasteiger partial charge is 0.598 e. The van der Waals surface area contributed by atoms with Crippen LogP contribution in [0.5, 0.6) is 0 Å². The summed E-state index contributed by atoms with van der Waals surface area (Å²) in [6.45, 7) is 7.30. The Labute approximate surface area is 110 Å². The van der Waals surface area contributed by atoms with E-state index in [0.717, 1.165) is 0 Å². The molecule has 0 radical (unpaired) electrons. The number of hydrogen-bond acceptors (Lipinski definition) is 2. The van der Waals surface area contributed by atoms with Crippen LogP contribution in [0.2, 0.25) is 5.02 Å². The summed E-state index contributed by atoms with van der Waals surface area (Å²) >= 11 is 4.68. The van der Waals surface area contributed by atoms with Crippen molar-refractivity contribution in [1.82, 2.24) is 4.72 Å². The van der Waals surface area contributed by atoms with E-state index in [1.165, 1.54) is 6.07 Å². The van der Waals surface area contributed by atoms with Crippen LogP contribution in [-0.4, -0.2) is 9.30 Å². The first-order valence-corrected chi connectivity index (χ1v) is 6.88. The molecule has 1 N–H and O–H groups in total. The predicted octanol–water partition coefficient (Wildman–Crippen LogP) is 3.59. The maximum absolute atomic E-state index is 13.6. The van der Waals surface area contributed by atoms with Gasteiger partial charge in [0.15, 0.2) is 0 Å². The van der Waals surface area contributed by atoms with Crippen molar-refractivity contribution in [2.24, 2.45) is 0 Å². The molecule has 0 aliphatic carbocycles. The lowest BCUT2D eigenvalue weighted by molar-refractivity contribution is 0.522. The molecule has 0 saturated heterocycles. The van der Waals surface area contributed by atoms with Crippen LogP contribution in [0.1, 0.15) is 39.3 Å². The second-order valence-corrected chi connectivity index (χ2v) is 7.26. The van der Waals surface area contributed by atoms with Gasteiger partial charge in [0.25, 0.3) is 0 Å². The monoisotopic (exact) mass is 277 g/mol. The summed E-state index contributed by atoms with van der Waals surface area (Å²) in [6.07, 6.45) is 0. The molecule has 0 aliphatic rings. The minimum atomic E-state index is -1.26. The highest BCUT2D eigenvalue weighted by atomic mass is 35.5. The normalized spacial score (nSPS) is 15.7. The van der Waals surface area contributed by atoms with Crippen molar-refractivity contribution in [2.45, 2.75) is 38.5 Å². The number of halogens is 2. The number of rotatable bonds is 3. The smallest absolute Gasteiger partial charge is 0.136 e. The molecule has 96 valence electrons. The van der Waals surface area contributed by atoms with Crippen LogP contribution in [0.3, 0.4) is 0 Å². The van der Waals surface area contributed by atoms with Crippen LogP contribution in [-0.2, 0) is 11.4 Å². The van der Waals surface area contributed by atoms with Crippen molar-refractivity contribution < 1.29 is 8.94 Å². The second-order valence-electron chi connectivity index (χ2n) is 4.86. The molecule has 0 saturated carbocycles. The lowest BCUT2D eigenvalue weighted by Crippen LogP contribution is -2.40. The third-order valence-electron chi connectivity index (χ3n) is 2.27. The maximum Gasteiger partial charge on any atom is 0.136 e. The van der Waals surface area contributed by atoms with Gasteiger partial charge < -0.3 is 4.55 Å². The Morgan fingerprint density at radius 3 is 2.47 bits per heavy atom. The Morgan fingerprint density at radius 1 is 1.41 bits per heavy atom. The van der Waals surface area contributed by atoms with Crippen LogP contribution in [0, 0.1) is 5.82 Å². The van der Waals surface area contributed by atoms with E-state index in [4.69, 9.17) is 11.6 Å². The highest BCUT2D eigenvalue weighted by molar-refractivity contribution is 7.90. The average molecular weight is 278 g/mol. The fourth-order valence-corrected chi connectivity index (χ4v) is 2.44. The molecule has 0 aliphatic heterocycles. The molecule has 2 atom stereocenters. The molecule has 0 aromatic heterocycles. The van der Waals surface area contributed by atoms with E-state index < -0.39 is 22.2 Å². The summed E-state index contributed by atoms with van der Waals surface area (Å²) in [6, 6.07) is 4.12.